The van der Waals surface area contributed by atoms with Gasteiger partial charge in [-0.1, -0.05) is 137 Å². The average Bonchev–Trinajstić information content (AvgIpc) is 3.77. The van der Waals surface area contributed by atoms with Gasteiger partial charge in [-0.2, -0.15) is 0 Å². The van der Waals surface area contributed by atoms with Crippen molar-refractivity contribution in [3.05, 3.63) is 174 Å². The summed E-state index contributed by atoms with van der Waals surface area (Å²) in [6, 6.07) is 51.9. The van der Waals surface area contributed by atoms with E-state index >= 15 is 0 Å². The zero-order valence-electron chi connectivity index (χ0n) is 31.2. The van der Waals surface area contributed by atoms with Crippen molar-refractivity contribution in [2.45, 2.75) is 38.5 Å². The van der Waals surface area contributed by atoms with E-state index in [2.05, 4.69) is 154 Å². The minimum Gasteiger partial charge on any atom is -0.294 e. The number of pyridine rings is 1. The first-order chi connectivity index (χ1) is 26.8. The third-order valence-electron chi connectivity index (χ3n) is 12.1. The Morgan fingerprint density at radius 2 is 1.07 bits per heavy atom. The summed E-state index contributed by atoms with van der Waals surface area (Å²) in [4.78, 5) is 20.4. The summed E-state index contributed by atoms with van der Waals surface area (Å²) in [5, 5.41) is 2.36. The largest absolute Gasteiger partial charge is 0.294 e. The second-order valence-corrected chi connectivity index (χ2v) is 15.9. The second kappa shape index (κ2) is 11.4. The SMILES string of the molecule is CC1(C)c2ccccc2-c2cc(-c3nc(-c4ccccc4)nc(-c4ccc5c(c4)C(C)(C)c4c-5cccc4-n4c5ccccc5c5cccnc54)n3)ccc21. The zero-order chi connectivity index (χ0) is 37.1. The molecule has 0 spiro atoms. The van der Waals surface area contributed by atoms with Gasteiger partial charge < -0.3 is 0 Å². The van der Waals surface area contributed by atoms with Crippen molar-refractivity contribution in [3.63, 3.8) is 0 Å². The van der Waals surface area contributed by atoms with E-state index in [4.69, 9.17) is 19.9 Å². The van der Waals surface area contributed by atoms with Crippen molar-refractivity contribution < 1.29 is 0 Å². The second-order valence-electron chi connectivity index (χ2n) is 15.9. The molecular formula is C50H37N5. The van der Waals surface area contributed by atoms with E-state index in [9.17, 15) is 0 Å². The van der Waals surface area contributed by atoms with Crippen molar-refractivity contribution >= 4 is 21.9 Å². The summed E-state index contributed by atoms with van der Waals surface area (Å²) in [6.45, 7) is 9.29. The van der Waals surface area contributed by atoms with E-state index in [1.807, 2.05) is 30.5 Å². The molecular weight excluding hydrogens is 671 g/mol. The third kappa shape index (κ3) is 4.53. The van der Waals surface area contributed by atoms with Gasteiger partial charge in [-0.3, -0.25) is 4.57 Å². The molecule has 0 N–H and O–H groups in total. The maximum absolute atomic E-state index is 5.23. The Bertz CT molecular complexity index is 2990. The van der Waals surface area contributed by atoms with Gasteiger partial charge in [-0.25, -0.2) is 19.9 Å². The third-order valence-corrected chi connectivity index (χ3v) is 12.1. The lowest BCUT2D eigenvalue weighted by Crippen LogP contribution is -2.18. The minimum absolute atomic E-state index is 0.0728. The molecule has 2 aliphatic carbocycles. The van der Waals surface area contributed by atoms with Gasteiger partial charge in [-0.15, -0.1) is 0 Å². The first kappa shape index (κ1) is 31.8. The number of para-hydroxylation sites is 1. The van der Waals surface area contributed by atoms with Crippen LogP contribution in [-0.4, -0.2) is 24.5 Å². The van der Waals surface area contributed by atoms with E-state index in [0.717, 1.165) is 38.9 Å². The number of nitrogens with zero attached hydrogens (tertiary/aromatic N) is 5. The molecule has 3 heterocycles. The molecule has 5 nitrogen and oxygen atoms in total. The van der Waals surface area contributed by atoms with E-state index in [0.29, 0.717) is 17.5 Å². The lowest BCUT2D eigenvalue weighted by molar-refractivity contribution is 0.656. The van der Waals surface area contributed by atoms with Crippen molar-refractivity contribution in [2.24, 2.45) is 0 Å². The van der Waals surface area contributed by atoms with Crippen LogP contribution >= 0.6 is 0 Å². The van der Waals surface area contributed by atoms with Gasteiger partial charge in [0, 0.05) is 44.5 Å². The van der Waals surface area contributed by atoms with Gasteiger partial charge in [0.25, 0.3) is 0 Å². The quantitative estimate of drug-likeness (QED) is 0.183. The van der Waals surface area contributed by atoms with E-state index < -0.39 is 0 Å². The fraction of sp³-hybridized carbons (Fsp3) is 0.120. The molecule has 3 aromatic heterocycles. The standard InChI is InChI=1S/C50H37N5/c1-49(2)39-20-10-8-16-33(39)38-28-31(24-26-40(38)49)46-52-45(30-14-6-5-7-15-30)53-47(54-46)32-23-25-34-36-18-12-22-43(44(36)50(3,4)41(34)29-32)55-42-21-11-9-17-35(42)37-19-13-27-51-48(37)55/h5-29H,1-4H3. The fourth-order valence-corrected chi connectivity index (χ4v) is 9.43. The summed E-state index contributed by atoms with van der Waals surface area (Å²) >= 11 is 0. The molecule has 5 heteroatoms. The molecule has 0 unspecified atom stereocenters. The van der Waals surface area contributed by atoms with Gasteiger partial charge in [0.15, 0.2) is 17.5 Å². The molecule has 0 amide bonds. The molecule has 2 aliphatic rings. The highest BCUT2D eigenvalue weighted by atomic mass is 15.1. The molecule has 0 fully saturated rings. The normalized spacial score (nSPS) is 14.5. The average molecular weight is 708 g/mol. The van der Waals surface area contributed by atoms with Crippen LogP contribution < -0.4 is 0 Å². The lowest BCUT2D eigenvalue weighted by atomic mass is 9.81. The van der Waals surface area contributed by atoms with Crippen LogP contribution in [0.2, 0.25) is 0 Å². The molecule has 0 atom stereocenters. The molecule has 0 bridgehead atoms. The van der Waals surface area contributed by atoms with Crippen molar-refractivity contribution in [2.75, 3.05) is 0 Å². The van der Waals surface area contributed by atoms with Gasteiger partial charge in [0.05, 0.1) is 11.2 Å². The first-order valence-corrected chi connectivity index (χ1v) is 19.0. The highest BCUT2D eigenvalue weighted by molar-refractivity contribution is 6.08. The minimum atomic E-state index is -0.317. The summed E-state index contributed by atoms with van der Waals surface area (Å²) in [7, 11) is 0. The van der Waals surface area contributed by atoms with Gasteiger partial charge >= 0.3 is 0 Å². The van der Waals surface area contributed by atoms with Crippen LogP contribution in [0.4, 0.5) is 0 Å². The smallest absolute Gasteiger partial charge is 0.164 e. The molecule has 55 heavy (non-hydrogen) atoms. The van der Waals surface area contributed by atoms with Crippen LogP contribution in [0, 0.1) is 0 Å². The Hall–Kier alpha value is -6.72. The van der Waals surface area contributed by atoms with Crippen LogP contribution in [0.3, 0.4) is 0 Å². The number of hydrogen-bond donors (Lipinski definition) is 0. The lowest BCUT2D eigenvalue weighted by Gasteiger charge is -2.25. The van der Waals surface area contributed by atoms with E-state index in [1.165, 1.54) is 49.9 Å². The Kier molecular flexibility index (Phi) is 6.58. The molecule has 6 aromatic carbocycles. The molecule has 0 aliphatic heterocycles. The van der Waals surface area contributed by atoms with E-state index in [1.54, 1.807) is 0 Å². The summed E-state index contributed by atoms with van der Waals surface area (Å²) in [5.41, 5.74) is 16.0. The van der Waals surface area contributed by atoms with Crippen molar-refractivity contribution in [3.8, 4) is 62.1 Å². The summed E-state index contributed by atoms with van der Waals surface area (Å²) in [5.74, 6) is 1.98. The van der Waals surface area contributed by atoms with Gasteiger partial charge in [0.2, 0.25) is 0 Å². The summed E-state index contributed by atoms with van der Waals surface area (Å²) in [6.07, 6.45) is 1.89. The van der Waals surface area contributed by atoms with Crippen LogP contribution in [0.25, 0.3) is 84.0 Å². The monoisotopic (exact) mass is 707 g/mol. The van der Waals surface area contributed by atoms with Crippen LogP contribution in [0.1, 0.15) is 49.9 Å². The number of aromatic nitrogens is 5. The Labute approximate surface area is 320 Å². The first-order valence-electron chi connectivity index (χ1n) is 19.0. The Morgan fingerprint density at radius 3 is 1.91 bits per heavy atom. The molecule has 11 rings (SSSR count). The number of hydrogen-bond acceptors (Lipinski definition) is 4. The molecule has 0 saturated heterocycles. The molecule has 0 radical (unpaired) electrons. The van der Waals surface area contributed by atoms with Crippen LogP contribution in [0.15, 0.2) is 152 Å². The maximum atomic E-state index is 5.23. The highest BCUT2D eigenvalue weighted by Crippen LogP contribution is 2.53. The number of fused-ring (bicyclic) bond motifs is 9. The van der Waals surface area contributed by atoms with Crippen LogP contribution in [0.5, 0.6) is 0 Å². The predicted molar refractivity (Wildman–Crippen MR) is 223 cm³/mol. The Morgan fingerprint density at radius 1 is 0.436 bits per heavy atom. The molecule has 0 saturated carbocycles. The number of benzene rings is 6. The highest BCUT2D eigenvalue weighted by Gasteiger charge is 2.39. The molecule has 262 valence electrons. The van der Waals surface area contributed by atoms with Gasteiger partial charge in [-0.05, 0) is 80.9 Å². The maximum Gasteiger partial charge on any atom is 0.164 e. The fourth-order valence-electron chi connectivity index (χ4n) is 9.43. The van der Waals surface area contributed by atoms with E-state index in [-0.39, 0.29) is 10.8 Å². The van der Waals surface area contributed by atoms with Gasteiger partial charge in [0.1, 0.15) is 5.65 Å². The predicted octanol–water partition coefficient (Wildman–Crippen LogP) is 12.0. The summed E-state index contributed by atoms with van der Waals surface area (Å²) < 4.78 is 2.35. The zero-order valence-corrected chi connectivity index (χ0v) is 31.2. The van der Waals surface area contributed by atoms with Crippen LogP contribution in [-0.2, 0) is 10.8 Å². The topological polar surface area (TPSA) is 56.5 Å². The molecule has 9 aromatic rings. The Balaban J connectivity index is 1.07. The van der Waals surface area contributed by atoms with Crippen molar-refractivity contribution in [1.82, 2.24) is 24.5 Å². The number of rotatable bonds is 4. The van der Waals surface area contributed by atoms with Crippen molar-refractivity contribution in [1.29, 1.82) is 0 Å².